The number of benzene rings is 4. The van der Waals surface area contributed by atoms with Crippen molar-refractivity contribution in [2.75, 3.05) is 26.5 Å². The van der Waals surface area contributed by atoms with Crippen molar-refractivity contribution in [3.63, 3.8) is 0 Å². The first kappa shape index (κ1) is 26.0. The molecule has 4 aromatic rings. The SMILES string of the molecule is CP(=O)(OCC(=O)COP(C)(=O)c1ccc(-c2ccccc2)cc1)c1ccc(-c2ccccc2)cc1. The van der Waals surface area contributed by atoms with Gasteiger partial charge in [-0.3, -0.25) is 13.9 Å². The zero-order valence-electron chi connectivity index (χ0n) is 20.2. The van der Waals surface area contributed by atoms with Crippen LogP contribution in [0.3, 0.4) is 0 Å². The maximum absolute atomic E-state index is 13.1. The van der Waals surface area contributed by atoms with Crippen LogP contribution in [-0.4, -0.2) is 32.3 Å². The maximum Gasteiger partial charge on any atom is 0.229 e. The Morgan fingerprint density at radius 3 is 1.17 bits per heavy atom. The molecule has 2 atom stereocenters. The molecular formula is C29H28O5P2. The van der Waals surface area contributed by atoms with Gasteiger partial charge in [-0.1, -0.05) is 84.9 Å². The molecule has 0 heterocycles. The van der Waals surface area contributed by atoms with E-state index in [-0.39, 0.29) is 13.2 Å². The van der Waals surface area contributed by atoms with Crippen LogP contribution in [0.25, 0.3) is 22.3 Å². The summed E-state index contributed by atoms with van der Waals surface area (Å²) >= 11 is 0. The average molecular weight is 518 g/mol. The summed E-state index contributed by atoms with van der Waals surface area (Å²) in [4.78, 5) is 12.4. The van der Waals surface area contributed by atoms with Gasteiger partial charge in [-0.15, -0.1) is 0 Å². The molecule has 0 aliphatic heterocycles. The first-order valence-corrected chi connectivity index (χ1v) is 15.7. The maximum atomic E-state index is 13.1. The normalized spacial score (nSPS) is 14.5. The molecule has 4 aromatic carbocycles. The van der Waals surface area contributed by atoms with Crippen molar-refractivity contribution in [1.82, 2.24) is 0 Å². The Labute approximate surface area is 212 Å². The average Bonchev–Trinajstić information content (AvgIpc) is 2.92. The number of rotatable bonds is 10. The predicted octanol–water partition coefficient (Wildman–Crippen LogP) is 6.39. The van der Waals surface area contributed by atoms with E-state index in [1.54, 1.807) is 24.3 Å². The highest BCUT2D eigenvalue weighted by Crippen LogP contribution is 2.43. The Morgan fingerprint density at radius 2 is 0.833 bits per heavy atom. The minimum absolute atomic E-state index is 0.388. The number of carbonyl (C=O) groups excluding carboxylic acids is 1. The summed E-state index contributed by atoms with van der Waals surface area (Å²) in [6.45, 7) is 2.19. The summed E-state index contributed by atoms with van der Waals surface area (Å²) in [5, 5.41) is 1.05. The van der Waals surface area contributed by atoms with Crippen molar-refractivity contribution in [3.8, 4) is 22.3 Å². The summed E-state index contributed by atoms with van der Waals surface area (Å²) in [6, 6.07) is 34.3. The van der Waals surface area contributed by atoms with Crippen molar-refractivity contribution in [1.29, 1.82) is 0 Å². The molecule has 0 spiro atoms. The lowest BCUT2D eigenvalue weighted by Gasteiger charge is -2.16. The number of Topliss-reactive ketones (excluding diaryl/α,β-unsaturated/α-hetero) is 1. The van der Waals surface area contributed by atoms with Crippen molar-refractivity contribution >= 4 is 31.1 Å². The van der Waals surface area contributed by atoms with Crippen LogP contribution >= 0.6 is 14.7 Å². The van der Waals surface area contributed by atoms with E-state index in [0.29, 0.717) is 10.6 Å². The van der Waals surface area contributed by atoms with E-state index in [2.05, 4.69) is 0 Å². The van der Waals surface area contributed by atoms with Gasteiger partial charge in [0.2, 0.25) is 14.7 Å². The van der Waals surface area contributed by atoms with Gasteiger partial charge in [-0.2, -0.15) is 0 Å². The first-order chi connectivity index (χ1) is 17.2. The highest BCUT2D eigenvalue weighted by molar-refractivity contribution is 7.66. The van der Waals surface area contributed by atoms with Crippen LogP contribution in [0.15, 0.2) is 109 Å². The smallest absolute Gasteiger partial charge is 0.229 e. The molecule has 184 valence electrons. The van der Waals surface area contributed by atoms with Gasteiger partial charge in [0.05, 0.1) is 0 Å². The summed E-state index contributed by atoms with van der Waals surface area (Å²) in [7, 11) is -6.43. The lowest BCUT2D eigenvalue weighted by molar-refractivity contribution is -0.122. The second-order valence-corrected chi connectivity index (χ2v) is 13.5. The zero-order chi connectivity index (χ0) is 25.6. The van der Waals surface area contributed by atoms with Crippen LogP contribution < -0.4 is 10.6 Å². The van der Waals surface area contributed by atoms with Gasteiger partial charge in [-0.25, -0.2) is 0 Å². The number of hydrogen-bond acceptors (Lipinski definition) is 5. The summed E-state index contributed by atoms with van der Waals surface area (Å²) in [6.07, 6.45) is 0. The van der Waals surface area contributed by atoms with E-state index in [1.165, 1.54) is 13.3 Å². The zero-order valence-corrected chi connectivity index (χ0v) is 22.0. The minimum atomic E-state index is -3.21. The van der Waals surface area contributed by atoms with Gasteiger partial charge in [0.25, 0.3) is 0 Å². The van der Waals surface area contributed by atoms with E-state index >= 15 is 0 Å². The fourth-order valence-electron chi connectivity index (χ4n) is 3.69. The van der Waals surface area contributed by atoms with Gasteiger partial charge < -0.3 is 9.05 Å². The van der Waals surface area contributed by atoms with Crippen molar-refractivity contribution in [2.45, 2.75) is 0 Å². The quantitative estimate of drug-likeness (QED) is 0.228. The molecule has 0 bridgehead atoms. The van der Waals surface area contributed by atoms with E-state index in [1.807, 2.05) is 84.9 Å². The predicted molar refractivity (Wildman–Crippen MR) is 147 cm³/mol. The Hall–Kier alpha value is -3.07. The van der Waals surface area contributed by atoms with E-state index < -0.39 is 20.5 Å². The molecule has 0 N–H and O–H groups in total. The highest BCUT2D eigenvalue weighted by Gasteiger charge is 2.24. The number of hydrogen-bond donors (Lipinski definition) is 0. The lowest BCUT2D eigenvalue weighted by atomic mass is 10.1. The van der Waals surface area contributed by atoms with Gasteiger partial charge in [0, 0.05) is 23.9 Å². The Balaban J connectivity index is 1.31. The molecule has 0 saturated heterocycles. The molecule has 0 aliphatic carbocycles. The van der Waals surface area contributed by atoms with Crippen LogP contribution in [0.1, 0.15) is 0 Å². The van der Waals surface area contributed by atoms with Crippen molar-refractivity contribution < 1.29 is 23.0 Å². The molecule has 0 saturated carbocycles. The van der Waals surface area contributed by atoms with E-state index in [0.717, 1.165) is 22.3 Å². The van der Waals surface area contributed by atoms with Gasteiger partial charge in [0.15, 0.2) is 5.78 Å². The molecule has 7 heteroatoms. The summed E-state index contributed by atoms with van der Waals surface area (Å²) in [5.41, 5.74) is 4.11. The molecule has 5 nitrogen and oxygen atoms in total. The highest BCUT2D eigenvalue weighted by atomic mass is 31.2. The molecule has 36 heavy (non-hydrogen) atoms. The third-order valence-corrected chi connectivity index (χ3v) is 9.55. The van der Waals surface area contributed by atoms with Crippen LogP contribution in [0.2, 0.25) is 0 Å². The van der Waals surface area contributed by atoms with Crippen LogP contribution in [0.5, 0.6) is 0 Å². The Bertz CT molecular complexity index is 1290. The van der Waals surface area contributed by atoms with Gasteiger partial charge in [0.1, 0.15) is 13.2 Å². The standard InChI is InChI=1S/C29H28O5P2/c1-35(31,28-17-13-25(14-18-28)23-9-5-3-6-10-23)33-21-27(30)22-34-36(2,32)29-19-15-26(16-20-29)24-11-7-4-8-12-24/h3-20H,21-22H2,1-2H3. The van der Waals surface area contributed by atoms with Crippen LogP contribution in [0, 0.1) is 0 Å². The monoisotopic (exact) mass is 518 g/mol. The molecule has 4 rings (SSSR count). The molecule has 2 unspecified atom stereocenters. The molecule has 0 radical (unpaired) electrons. The second kappa shape index (κ2) is 11.3. The molecule has 0 aromatic heterocycles. The fraction of sp³-hybridized carbons (Fsp3) is 0.138. The first-order valence-electron chi connectivity index (χ1n) is 11.5. The van der Waals surface area contributed by atoms with Crippen LogP contribution in [0.4, 0.5) is 0 Å². The van der Waals surface area contributed by atoms with Crippen molar-refractivity contribution in [2.24, 2.45) is 0 Å². The molecule has 0 fully saturated rings. The van der Waals surface area contributed by atoms with E-state index in [9.17, 15) is 13.9 Å². The number of ketones is 1. The summed E-state index contributed by atoms with van der Waals surface area (Å²) < 4.78 is 37.1. The molecule has 0 amide bonds. The Morgan fingerprint density at radius 1 is 0.528 bits per heavy atom. The topological polar surface area (TPSA) is 69.7 Å². The lowest BCUT2D eigenvalue weighted by Crippen LogP contribution is -2.18. The fourth-order valence-corrected chi connectivity index (χ4v) is 6.15. The largest absolute Gasteiger partial charge is 0.317 e. The van der Waals surface area contributed by atoms with Gasteiger partial charge >= 0.3 is 0 Å². The molecular weight excluding hydrogens is 490 g/mol. The third kappa shape index (κ3) is 6.57. The molecule has 0 aliphatic rings. The van der Waals surface area contributed by atoms with Crippen molar-refractivity contribution in [3.05, 3.63) is 109 Å². The number of carbonyl (C=O) groups is 1. The third-order valence-electron chi connectivity index (χ3n) is 5.83. The van der Waals surface area contributed by atoms with Crippen LogP contribution in [-0.2, 0) is 23.0 Å². The minimum Gasteiger partial charge on any atom is -0.317 e. The van der Waals surface area contributed by atoms with Gasteiger partial charge in [-0.05, 0) is 46.5 Å². The van der Waals surface area contributed by atoms with E-state index in [4.69, 9.17) is 9.05 Å². The Kier molecular flexibility index (Phi) is 8.18. The second-order valence-electron chi connectivity index (χ2n) is 8.60. The summed E-state index contributed by atoms with van der Waals surface area (Å²) in [5.74, 6) is -0.430.